The highest BCUT2D eigenvalue weighted by molar-refractivity contribution is 6.22. The Balaban J connectivity index is 5.41. The third-order valence-electron chi connectivity index (χ3n) is 2.64. The first-order chi connectivity index (χ1) is 5.98. The van der Waals surface area contributed by atoms with E-state index in [0.29, 0.717) is 5.41 Å². The molecule has 0 heterocycles. The minimum absolute atomic E-state index is 0.258. The largest absolute Gasteiger partial charge is 0.381 e. The lowest BCUT2D eigenvalue weighted by Crippen LogP contribution is -2.29. The zero-order valence-corrected chi connectivity index (χ0v) is 13.4. The van der Waals surface area contributed by atoms with Gasteiger partial charge in [0, 0.05) is 35.4 Å². The Morgan fingerprint density at radius 3 is 1.29 bits per heavy atom. The van der Waals surface area contributed by atoms with Crippen LogP contribution >= 0.6 is 0 Å². The Labute approximate surface area is 93.0 Å². The fraction of sp³-hybridized carbons (Fsp3) is 0.833. The number of nitrogens with zero attached hydrogens (tertiary/aromatic N) is 1. The molecule has 0 fully saturated rings. The van der Waals surface area contributed by atoms with Crippen LogP contribution in [-0.2, 0) is 0 Å². The molecule has 0 N–H and O–H groups in total. The zero-order valence-electron chi connectivity index (χ0n) is 11.4. The Kier molecular flexibility index (Phi) is 4.02. The molecule has 14 heavy (non-hydrogen) atoms. The third kappa shape index (κ3) is 3.49. The number of hydrogen-bond donors (Lipinski definition) is 0. The summed E-state index contributed by atoms with van der Waals surface area (Å²) in [5.41, 5.74) is 2.09. The SMILES string of the molecule is CN(C)C(=C([SiH3])C(C)(C)C)C(C)(C)C. The van der Waals surface area contributed by atoms with Crippen LogP contribution in [-0.4, -0.2) is 29.2 Å². The normalized spacial score (nSPS) is 15.4. The third-order valence-corrected chi connectivity index (χ3v) is 4.61. The molecule has 0 aromatic heterocycles. The van der Waals surface area contributed by atoms with E-state index in [1.807, 2.05) is 0 Å². The fourth-order valence-electron chi connectivity index (χ4n) is 1.92. The van der Waals surface area contributed by atoms with E-state index in [1.165, 1.54) is 5.70 Å². The second-order valence-corrected chi connectivity index (χ2v) is 7.37. The molecule has 0 saturated carbocycles. The monoisotopic (exact) mass is 213 g/mol. The number of hydrogen-bond acceptors (Lipinski definition) is 1. The second kappa shape index (κ2) is 4.09. The Bertz CT molecular complexity index is 226. The molecule has 0 aromatic carbocycles. The Morgan fingerprint density at radius 1 is 0.857 bits per heavy atom. The minimum Gasteiger partial charge on any atom is -0.381 e. The van der Waals surface area contributed by atoms with Gasteiger partial charge in [-0.3, -0.25) is 0 Å². The Hall–Kier alpha value is -0.243. The fourth-order valence-corrected chi connectivity index (χ4v) is 3.12. The molecule has 84 valence electrons. The van der Waals surface area contributed by atoms with E-state index >= 15 is 0 Å². The summed E-state index contributed by atoms with van der Waals surface area (Å²) in [5.74, 6) is 0. The van der Waals surface area contributed by atoms with Gasteiger partial charge < -0.3 is 4.90 Å². The van der Waals surface area contributed by atoms with Crippen LogP contribution in [0.3, 0.4) is 0 Å². The molecule has 0 saturated heterocycles. The summed E-state index contributed by atoms with van der Waals surface area (Å²) in [6, 6.07) is 0. The van der Waals surface area contributed by atoms with Crippen molar-refractivity contribution in [3.63, 3.8) is 0 Å². The van der Waals surface area contributed by atoms with Crippen LogP contribution in [0.1, 0.15) is 41.5 Å². The first kappa shape index (κ1) is 13.8. The summed E-state index contributed by atoms with van der Waals surface area (Å²) in [7, 11) is 5.46. The molecule has 0 amide bonds. The van der Waals surface area contributed by atoms with Crippen molar-refractivity contribution < 1.29 is 0 Å². The molecule has 0 aliphatic heterocycles. The van der Waals surface area contributed by atoms with Gasteiger partial charge in [-0.05, 0) is 5.41 Å². The van der Waals surface area contributed by atoms with Crippen LogP contribution in [0.4, 0.5) is 0 Å². The molecule has 0 aliphatic carbocycles. The molecule has 1 nitrogen and oxygen atoms in total. The van der Waals surface area contributed by atoms with Crippen LogP contribution in [0.2, 0.25) is 0 Å². The zero-order chi connectivity index (χ0) is 11.7. The van der Waals surface area contributed by atoms with Gasteiger partial charge in [0.2, 0.25) is 0 Å². The maximum atomic E-state index is 2.31. The molecule has 0 unspecified atom stereocenters. The van der Waals surface area contributed by atoms with Crippen LogP contribution in [0.25, 0.3) is 0 Å². The van der Waals surface area contributed by atoms with E-state index in [1.54, 1.807) is 5.20 Å². The number of rotatable bonds is 1. The lowest BCUT2D eigenvalue weighted by atomic mass is 9.84. The summed E-state index contributed by atoms with van der Waals surface area (Å²) in [5, 5.41) is 1.62. The summed E-state index contributed by atoms with van der Waals surface area (Å²) in [6.07, 6.45) is 0. The van der Waals surface area contributed by atoms with E-state index in [0.717, 1.165) is 10.2 Å². The quantitative estimate of drug-likeness (QED) is 0.604. The van der Waals surface area contributed by atoms with Crippen molar-refractivity contribution in [2.75, 3.05) is 14.1 Å². The van der Waals surface area contributed by atoms with Gasteiger partial charge in [-0.1, -0.05) is 46.7 Å². The molecule has 0 aromatic rings. The van der Waals surface area contributed by atoms with Gasteiger partial charge in [-0.15, -0.1) is 0 Å². The summed E-state index contributed by atoms with van der Waals surface area (Å²) in [4.78, 5) is 2.29. The minimum atomic E-state index is 0.258. The average Bonchev–Trinajstić information content (AvgIpc) is 1.79. The summed E-state index contributed by atoms with van der Waals surface area (Å²) < 4.78 is 0. The number of allylic oxidation sites excluding steroid dienone is 2. The first-order valence-electron chi connectivity index (χ1n) is 5.37. The predicted octanol–water partition coefficient (Wildman–Crippen LogP) is 2.22. The van der Waals surface area contributed by atoms with Gasteiger partial charge in [0.1, 0.15) is 0 Å². The van der Waals surface area contributed by atoms with Gasteiger partial charge in [0.05, 0.1) is 0 Å². The van der Waals surface area contributed by atoms with E-state index in [4.69, 9.17) is 0 Å². The van der Waals surface area contributed by atoms with E-state index in [-0.39, 0.29) is 5.41 Å². The van der Waals surface area contributed by atoms with Gasteiger partial charge >= 0.3 is 0 Å². The smallest absolute Gasteiger partial charge is 0.0362 e. The van der Waals surface area contributed by atoms with Crippen LogP contribution in [0, 0.1) is 10.8 Å². The van der Waals surface area contributed by atoms with Crippen molar-refractivity contribution in [2.24, 2.45) is 10.8 Å². The van der Waals surface area contributed by atoms with Gasteiger partial charge in [-0.2, -0.15) is 0 Å². The lowest BCUT2D eigenvalue weighted by Gasteiger charge is -2.36. The van der Waals surface area contributed by atoms with E-state index in [2.05, 4.69) is 60.5 Å². The van der Waals surface area contributed by atoms with Crippen molar-refractivity contribution in [1.29, 1.82) is 0 Å². The maximum Gasteiger partial charge on any atom is 0.0362 e. The van der Waals surface area contributed by atoms with Crippen molar-refractivity contribution in [3.05, 3.63) is 10.9 Å². The van der Waals surface area contributed by atoms with E-state index < -0.39 is 0 Å². The lowest BCUT2D eigenvalue weighted by molar-refractivity contribution is 0.335. The molecule has 0 bridgehead atoms. The first-order valence-corrected chi connectivity index (χ1v) is 6.37. The van der Waals surface area contributed by atoms with Crippen LogP contribution in [0.15, 0.2) is 10.9 Å². The molecule has 0 atom stereocenters. The van der Waals surface area contributed by atoms with Gasteiger partial charge in [0.15, 0.2) is 0 Å². The molecule has 0 spiro atoms. The van der Waals surface area contributed by atoms with Gasteiger partial charge in [-0.25, -0.2) is 0 Å². The standard InChI is InChI=1S/C12H27NSi/c1-11(2,3)9(13(7)8)10(14)12(4,5)6/h1-8,14H3. The molecular formula is C12H27NSi. The van der Waals surface area contributed by atoms with Crippen molar-refractivity contribution in [2.45, 2.75) is 41.5 Å². The average molecular weight is 213 g/mol. The predicted molar refractivity (Wildman–Crippen MR) is 69.6 cm³/mol. The molecule has 0 radical (unpaired) electrons. The maximum absolute atomic E-state index is 2.31. The van der Waals surface area contributed by atoms with Crippen molar-refractivity contribution in [3.8, 4) is 0 Å². The Morgan fingerprint density at radius 2 is 1.21 bits per heavy atom. The van der Waals surface area contributed by atoms with Crippen LogP contribution in [0.5, 0.6) is 0 Å². The summed E-state index contributed by atoms with van der Waals surface area (Å²) in [6.45, 7) is 13.8. The highest BCUT2D eigenvalue weighted by Crippen LogP contribution is 2.35. The molecule has 0 aliphatic rings. The molecule has 2 heteroatoms. The van der Waals surface area contributed by atoms with Crippen molar-refractivity contribution in [1.82, 2.24) is 4.90 Å². The molecular weight excluding hydrogens is 186 g/mol. The van der Waals surface area contributed by atoms with Crippen molar-refractivity contribution >= 4 is 10.2 Å². The van der Waals surface area contributed by atoms with Crippen LogP contribution < -0.4 is 0 Å². The highest BCUT2D eigenvalue weighted by Gasteiger charge is 2.26. The summed E-state index contributed by atoms with van der Waals surface area (Å²) >= 11 is 0. The topological polar surface area (TPSA) is 3.24 Å². The highest BCUT2D eigenvalue weighted by atomic mass is 28.1. The van der Waals surface area contributed by atoms with E-state index in [9.17, 15) is 0 Å². The van der Waals surface area contributed by atoms with Gasteiger partial charge in [0.25, 0.3) is 0 Å². The second-order valence-electron chi connectivity index (χ2n) is 6.37. The molecule has 0 rings (SSSR count).